The van der Waals surface area contributed by atoms with Crippen molar-refractivity contribution in [1.82, 2.24) is 0 Å². The zero-order chi connectivity index (χ0) is 12.0. The maximum Gasteiger partial charge on any atom is 0.133 e. The van der Waals surface area contributed by atoms with E-state index in [1.165, 1.54) is 12.1 Å². The largest absolute Gasteiger partial charge is 0.207 e. The van der Waals surface area contributed by atoms with Gasteiger partial charge < -0.3 is 0 Å². The number of hydrogen-bond acceptors (Lipinski definition) is 0. The van der Waals surface area contributed by atoms with Crippen molar-refractivity contribution in [3.8, 4) is 0 Å². The van der Waals surface area contributed by atoms with Gasteiger partial charge in [0.1, 0.15) is 11.6 Å². The van der Waals surface area contributed by atoms with Crippen LogP contribution in [0.2, 0.25) is 0 Å². The molecule has 0 fully saturated rings. The molecule has 84 valence electrons. The molecule has 1 rings (SSSR count). The van der Waals surface area contributed by atoms with Crippen LogP contribution in [0.5, 0.6) is 0 Å². The van der Waals surface area contributed by atoms with Crippen molar-refractivity contribution >= 4 is 5.57 Å². The molecule has 0 aliphatic heterocycles. The molecule has 0 nitrogen and oxygen atoms in total. The number of halogens is 2. The second-order valence-corrected chi connectivity index (χ2v) is 3.30. The van der Waals surface area contributed by atoms with Crippen LogP contribution in [-0.2, 0) is 0 Å². The fraction of sp³-hybridized carbons (Fsp3) is 0.385. The van der Waals surface area contributed by atoms with Gasteiger partial charge in [0.25, 0.3) is 0 Å². The fourth-order valence-electron chi connectivity index (χ4n) is 1.06. The third-order valence-corrected chi connectivity index (χ3v) is 1.97. The van der Waals surface area contributed by atoms with Gasteiger partial charge in [-0.05, 0) is 23.6 Å². The Bertz CT molecular complexity index is 327. The molecule has 1 aromatic carbocycles. The molecule has 0 aromatic heterocycles. The van der Waals surface area contributed by atoms with Crippen molar-refractivity contribution in [2.24, 2.45) is 5.92 Å². The minimum Gasteiger partial charge on any atom is -0.207 e. The second kappa shape index (κ2) is 6.33. The van der Waals surface area contributed by atoms with Gasteiger partial charge in [-0.2, -0.15) is 0 Å². The maximum absolute atomic E-state index is 13.2. The fourth-order valence-corrected chi connectivity index (χ4v) is 1.06. The quantitative estimate of drug-likeness (QED) is 0.668. The summed E-state index contributed by atoms with van der Waals surface area (Å²) in [6.45, 7) is 11.6. The van der Waals surface area contributed by atoms with Crippen molar-refractivity contribution in [2.75, 3.05) is 0 Å². The van der Waals surface area contributed by atoms with Crippen LogP contribution in [0.4, 0.5) is 8.78 Å². The summed E-state index contributed by atoms with van der Waals surface area (Å²) < 4.78 is 25.7. The first-order valence-electron chi connectivity index (χ1n) is 5.16. The van der Waals surface area contributed by atoms with Gasteiger partial charge in [0.15, 0.2) is 0 Å². The summed E-state index contributed by atoms with van der Waals surface area (Å²) in [6, 6.07) is 3.54. The van der Waals surface area contributed by atoms with E-state index < -0.39 is 11.6 Å². The standard InChI is InChI=1S/C11H12F2.C2H6/c1-7(2)8(3)10-5-4-9(12)6-11(10)13;1-2/h4-7H,3H2,1-2H3;1-2H3. The van der Waals surface area contributed by atoms with Crippen molar-refractivity contribution in [3.05, 3.63) is 42.0 Å². The zero-order valence-corrected chi connectivity index (χ0v) is 9.77. The highest BCUT2D eigenvalue weighted by Crippen LogP contribution is 2.23. The molecule has 0 N–H and O–H groups in total. The second-order valence-electron chi connectivity index (χ2n) is 3.30. The SMILES string of the molecule is C=C(c1ccc(F)cc1F)C(C)C.CC. The first-order valence-corrected chi connectivity index (χ1v) is 5.16. The van der Waals surface area contributed by atoms with E-state index in [9.17, 15) is 8.78 Å². The molecular formula is C13H18F2. The molecular weight excluding hydrogens is 194 g/mol. The normalized spacial score (nSPS) is 9.53. The average Bonchev–Trinajstić information content (AvgIpc) is 2.20. The van der Waals surface area contributed by atoms with E-state index in [0.29, 0.717) is 11.1 Å². The van der Waals surface area contributed by atoms with Crippen LogP contribution >= 0.6 is 0 Å². The van der Waals surface area contributed by atoms with Gasteiger partial charge in [-0.1, -0.05) is 34.3 Å². The van der Waals surface area contributed by atoms with Gasteiger partial charge in [-0.25, -0.2) is 8.78 Å². The Morgan fingerprint density at radius 3 is 2.13 bits per heavy atom. The lowest BCUT2D eigenvalue weighted by Gasteiger charge is -2.10. The number of benzene rings is 1. The van der Waals surface area contributed by atoms with Crippen LogP contribution in [0.25, 0.3) is 5.57 Å². The highest BCUT2D eigenvalue weighted by atomic mass is 19.1. The van der Waals surface area contributed by atoms with E-state index in [-0.39, 0.29) is 5.92 Å². The zero-order valence-electron chi connectivity index (χ0n) is 9.77. The Morgan fingerprint density at radius 1 is 1.20 bits per heavy atom. The predicted molar refractivity (Wildman–Crippen MR) is 61.6 cm³/mol. The summed E-state index contributed by atoms with van der Waals surface area (Å²) in [5.74, 6) is -0.934. The van der Waals surface area contributed by atoms with Crippen LogP contribution in [0.3, 0.4) is 0 Å². The molecule has 2 heteroatoms. The van der Waals surface area contributed by atoms with Crippen LogP contribution in [-0.4, -0.2) is 0 Å². The average molecular weight is 212 g/mol. The van der Waals surface area contributed by atoms with Crippen molar-refractivity contribution in [1.29, 1.82) is 0 Å². The third-order valence-electron chi connectivity index (χ3n) is 1.97. The predicted octanol–water partition coefficient (Wildman–Crippen LogP) is 4.66. The van der Waals surface area contributed by atoms with E-state index in [1.54, 1.807) is 0 Å². The molecule has 0 amide bonds. The molecule has 1 aromatic rings. The lowest BCUT2D eigenvalue weighted by atomic mass is 9.97. The monoisotopic (exact) mass is 212 g/mol. The molecule has 0 aliphatic carbocycles. The number of hydrogen-bond donors (Lipinski definition) is 0. The first-order chi connectivity index (χ1) is 7.02. The van der Waals surface area contributed by atoms with Gasteiger partial charge >= 0.3 is 0 Å². The minimum atomic E-state index is -0.558. The number of allylic oxidation sites excluding steroid dienone is 1. The van der Waals surface area contributed by atoms with Crippen LogP contribution in [0.1, 0.15) is 33.3 Å². The molecule has 0 spiro atoms. The van der Waals surface area contributed by atoms with E-state index >= 15 is 0 Å². The third kappa shape index (κ3) is 3.82. The highest BCUT2D eigenvalue weighted by molar-refractivity contribution is 5.65. The van der Waals surface area contributed by atoms with Gasteiger partial charge in [0, 0.05) is 11.6 Å². The van der Waals surface area contributed by atoms with Crippen molar-refractivity contribution in [2.45, 2.75) is 27.7 Å². The summed E-state index contributed by atoms with van der Waals surface area (Å²) in [7, 11) is 0. The molecule has 0 radical (unpaired) electrons. The van der Waals surface area contributed by atoms with E-state index in [4.69, 9.17) is 0 Å². The lowest BCUT2D eigenvalue weighted by molar-refractivity contribution is 0.579. The topological polar surface area (TPSA) is 0 Å². The van der Waals surface area contributed by atoms with E-state index in [2.05, 4.69) is 6.58 Å². The van der Waals surface area contributed by atoms with Crippen LogP contribution in [0, 0.1) is 17.6 Å². The van der Waals surface area contributed by atoms with Crippen molar-refractivity contribution < 1.29 is 8.78 Å². The molecule has 0 heterocycles. The molecule has 0 atom stereocenters. The molecule has 15 heavy (non-hydrogen) atoms. The summed E-state index contributed by atoms with van der Waals surface area (Å²) >= 11 is 0. The lowest BCUT2D eigenvalue weighted by Crippen LogP contribution is -1.96. The molecule has 0 aliphatic rings. The minimum absolute atomic E-state index is 0.167. The van der Waals surface area contributed by atoms with E-state index in [0.717, 1.165) is 6.07 Å². The highest BCUT2D eigenvalue weighted by Gasteiger charge is 2.09. The molecule has 0 saturated carbocycles. The summed E-state index contributed by atoms with van der Waals surface area (Å²) in [5.41, 5.74) is 1.09. The van der Waals surface area contributed by atoms with Gasteiger partial charge in [-0.15, -0.1) is 0 Å². The first kappa shape index (κ1) is 13.8. The van der Waals surface area contributed by atoms with Crippen LogP contribution < -0.4 is 0 Å². The van der Waals surface area contributed by atoms with Gasteiger partial charge in [-0.3, -0.25) is 0 Å². The van der Waals surface area contributed by atoms with Gasteiger partial charge in [0.05, 0.1) is 0 Å². The smallest absolute Gasteiger partial charge is 0.133 e. The Balaban J connectivity index is 0.000000921. The summed E-state index contributed by atoms with van der Waals surface area (Å²) in [6.07, 6.45) is 0. The summed E-state index contributed by atoms with van der Waals surface area (Å²) in [5, 5.41) is 0. The maximum atomic E-state index is 13.2. The van der Waals surface area contributed by atoms with Crippen molar-refractivity contribution in [3.63, 3.8) is 0 Å². The van der Waals surface area contributed by atoms with Gasteiger partial charge in [0.2, 0.25) is 0 Å². The molecule has 0 unspecified atom stereocenters. The number of rotatable bonds is 2. The van der Waals surface area contributed by atoms with E-state index in [1.807, 2.05) is 27.7 Å². The Labute approximate surface area is 90.6 Å². The molecule has 0 bridgehead atoms. The molecule has 0 saturated heterocycles. The van der Waals surface area contributed by atoms with Crippen LogP contribution in [0.15, 0.2) is 24.8 Å². The Morgan fingerprint density at radius 2 is 1.73 bits per heavy atom. The summed E-state index contributed by atoms with van der Waals surface area (Å²) in [4.78, 5) is 0. The Kier molecular flexibility index (Phi) is 5.83. The Hall–Kier alpha value is -1.18.